The van der Waals surface area contributed by atoms with E-state index in [0.717, 1.165) is 0 Å². The lowest BCUT2D eigenvalue weighted by Crippen LogP contribution is -2.15. The van der Waals surface area contributed by atoms with E-state index in [1.54, 1.807) is 0 Å². The molecule has 9 heavy (non-hydrogen) atoms. The monoisotopic (exact) mass is 131 g/mol. The largest absolute Gasteiger partial charge is 0.481 e. The Balaban J connectivity index is 3.39. The minimum Gasteiger partial charge on any atom is -0.481 e. The molecule has 52 valence electrons. The van der Waals surface area contributed by atoms with Gasteiger partial charge < -0.3 is 16.7 Å². The molecule has 5 nitrogen and oxygen atoms in total. The fourth-order valence-electron chi connectivity index (χ4n) is 0.300. The van der Waals surface area contributed by atoms with Gasteiger partial charge in [0.1, 0.15) is 5.84 Å². The number of hydrazone groups is 1. The molecule has 0 saturated carbocycles. The van der Waals surface area contributed by atoms with Crippen molar-refractivity contribution in [1.82, 2.24) is 0 Å². The zero-order valence-corrected chi connectivity index (χ0v) is 4.87. The van der Waals surface area contributed by atoms with Crippen LogP contribution in [0.15, 0.2) is 5.10 Å². The summed E-state index contributed by atoms with van der Waals surface area (Å²) in [5.74, 6) is 3.99. The fourth-order valence-corrected chi connectivity index (χ4v) is 0.300. The average molecular weight is 131 g/mol. The van der Waals surface area contributed by atoms with Crippen molar-refractivity contribution < 1.29 is 9.90 Å². The van der Waals surface area contributed by atoms with E-state index < -0.39 is 5.97 Å². The van der Waals surface area contributed by atoms with Gasteiger partial charge in [0.25, 0.3) is 0 Å². The molecule has 0 aromatic rings. The lowest BCUT2D eigenvalue weighted by Gasteiger charge is -1.92. The molecular weight excluding hydrogens is 122 g/mol. The fraction of sp³-hybridized carbons (Fsp3) is 0.500. The molecule has 5 N–H and O–H groups in total. The van der Waals surface area contributed by atoms with Crippen LogP contribution in [0.25, 0.3) is 0 Å². The number of aliphatic carboxylic acids is 1. The zero-order chi connectivity index (χ0) is 7.28. The number of hydrogen-bond acceptors (Lipinski definition) is 3. The summed E-state index contributed by atoms with van der Waals surface area (Å²) in [6.07, 6.45) is 0.193. The summed E-state index contributed by atoms with van der Waals surface area (Å²) in [5.41, 5.74) is 5.08. The van der Waals surface area contributed by atoms with Gasteiger partial charge >= 0.3 is 5.97 Å². The van der Waals surface area contributed by atoms with Crippen molar-refractivity contribution in [2.24, 2.45) is 16.7 Å². The first-order valence-corrected chi connectivity index (χ1v) is 2.41. The second-order valence-corrected chi connectivity index (χ2v) is 1.51. The van der Waals surface area contributed by atoms with Crippen LogP contribution in [0.5, 0.6) is 0 Å². The molecule has 0 aliphatic rings. The maximum Gasteiger partial charge on any atom is 0.303 e. The molecule has 0 heterocycles. The van der Waals surface area contributed by atoms with Crippen LogP contribution in [0.3, 0.4) is 0 Å². The Morgan fingerprint density at radius 3 is 2.44 bits per heavy atom. The van der Waals surface area contributed by atoms with Crippen LogP contribution in [-0.4, -0.2) is 16.9 Å². The van der Waals surface area contributed by atoms with Crippen molar-refractivity contribution in [3.05, 3.63) is 0 Å². The standard InChI is InChI=1S/C4H9N3O2/c5-3(7-6)1-2-4(8)9/h1-2,6H2,(H2,5,7)(H,8,9). The van der Waals surface area contributed by atoms with E-state index in [-0.39, 0.29) is 18.7 Å². The maximum absolute atomic E-state index is 9.87. The minimum absolute atomic E-state index is 0.0213. The number of carbonyl (C=O) groups is 1. The summed E-state index contributed by atoms with van der Waals surface area (Å²) in [6, 6.07) is 0. The molecule has 0 amide bonds. The van der Waals surface area contributed by atoms with Crippen molar-refractivity contribution in [2.45, 2.75) is 12.8 Å². The third-order valence-electron chi connectivity index (χ3n) is 0.761. The summed E-state index contributed by atoms with van der Waals surface area (Å²) in [4.78, 5) is 9.87. The lowest BCUT2D eigenvalue weighted by molar-refractivity contribution is -0.136. The van der Waals surface area contributed by atoms with Crippen molar-refractivity contribution in [3.63, 3.8) is 0 Å². The van der Waals surface area contributed by atoms with Gasteiger partial charge in [0.15, 0.2) is 0 Å². The Bertz CT molecular complexity index is 132. The summed E-state index contributed by atoms with van der Waals surface area (Å²) in [7, 11) is 0. The van der Waals surface area contributed by atoms with E-state index in [1.165, 1.54) is 0 Å². The number of carboxylic acids is 1. The Kier molecular flexibility index (Phi) is 3.19. The lowest BCUT2D eigenvalue weighted by atomic mass is 10.3. The van der Waals surface area contributed by atoms with Gasteiger partial charge in [0.05, 0.1) is 6.42 Å². The third kappa shape index (κ3) is 4.60. The van der Waals surface area contributed by atoms with Crippen LogP contribution in [0, 0.1) is 0 Å². The molecular formula is C4H9N3O2. The maximum atomic E-state index is 9.87. The molecule has 0 unspecified atom stereocenters. The first-order valence-electron chi connectivity index (χ1n) is 2.41. The normalized spacial score (nSPS) is 11.3. The highest BCUT2D eigenvalue weighted by atomic mass is 16.4. The number of amidine groups is 1. The van der Waals surface area contributed by atoms with E-state index in [2.05, 4.69) is 5.10 Å². The number of hydrogen-bond donors (Lipinski definition) is 3. The summed E-state index contributed by atoms with van der Waals surface area (Å²) in [6.45, 7) is 0. The summed E-state index contributed by atoms with van der Waals surface area (Å²) in [5, 5.41) is 11.2. The average Bonchev–Trinajstić information content (AvgIpc) is 1.83. The topological polar surface area (TPSA) is 102 Å². The van der Waals surface area contributed by atoms with E-state index in [9.17, 15) is 4.79 Å². The molecule has 0 rings (SSSR count). The van der Waals surface area contributed by atoms with Crippen LogP contribution in [0.2, 0.25) is 0 Å². The Morgan fingerprint density at radius 2 is 2.11 bits per heavy atom. The number of nitrogens with two attached hydrogens (primary N) is 2. The van der Waals surface area contributed by atoms with Crippen LogP contribution < -0.4 is 11.6 Å². The summed E-state index contributed by atoms with van der Waals surface area (Å²) >= 11 is 0. The quantitative estimate of drug-likeness (QED) is 0.199. The predicted octanol–water partition coefficient (Wildman–Crippen LogP) is -0.918. The first kappa shape index (κ1) is 7.74. The van der Waals surface area contributed by atoms with Gasteiger partial charge in [-0.1, -0.05) is 0 Å². The van der Waals surface area contributed by atoms with Crippen LogP contribution >= 0.6 is 0 Å². The molecule has 0 atom stereocenters. The van der Waals surface area contributed by atoms with Gasteiger partial charge in [-0.05, 0) is 0 Å². The summed E-state index contributed by atoms with van der Waals surface area (Å²) < 4.78 is 0. The van der Waals surface area contributed by atoms with Crippen LogP contribution in [0.1, 0.15) is 12.8 Å². The third-order valence-corrected chi connectivity index (χ3v) is 0.761. The second-order valence-electron chi connectivity index (χ2n) is 1.51. The second kappa shape index (κ2) is 3.71. The molecule has 0 aromatic carbocycles. The van der Waals surface area contributed by atoms with E-state index >= 15 is 0 Å². The van der Waals surface area contributed by atoms with Crippen molar-refractivity contribution >= 4 is 11.8 Å². The van der Waals surface area contributed by atoms with Crippen LogP contribution in [0.4, 0.5) is 0 Å². The van der Waals surface area contributed by atoms with Crippen LogP contribution in [-0.2, 0) is 4.79 Å². The predicted molar refractivity (Wildman–Crippen MR) is 32.7 cm³/mol. The molecule has 0 aliphatic heterocycles. The zero-order valence-electron chi connectivity index (χ0n) is 4.87. The first-order chi connectivity index (χ1) is 4.16. The van der Waals surface area contributed by atoms with Gasteiger partial charge in [-0.3, -0.25) is 4.79 Å². The van der Waals surface area contributed by atoms with Gasteiger partial charge in [-0.15, -0.1) is 0 Å². The number of nitrogens with zero attached hydrogens (tertiary/aromatic N) is 1. The van der Waals surface area contributed by atoms with Gasteiger partial charge in [-0.2, -0.15) is 5.10 Å². The van der Waals surface area contributed by atoms with E-state index in [1.807, 2.05) is 0 Å². The van der Waals surface area contributed by atoms with Crippen molar-refractivity contribution in [1.29, 1.82) is 0 Å². The van der Waals surface area contributed by atoms with Gasteiger partial charge in [-0.25, -0.2) is 0 Å². The Morgan fingerprint density at radius 1 is 1.56 bits per heavy atom. The van der Waals surface area contributed by atoms with E-state index in [0.29, 0.717) is 0 Å². The van der Waals surface area contributed by atoms with Crippen molar-refractivity contribution in [3.8, 4) is 0 Å². The molecule has 0 aliphatic carbocycles. The molecule has 0 fully saturated rings. The SMILES string of the molecule is N/N=C(\N)CCC(=O)O. The van der Waals surface area contributed by atoms with E-state index in [4.69, 9.17) is 16.7 Å². The smallest absolute Gasteiger partial charge is 0.303 e. The Labute approximate surface area is 52.3 Å². The molecule has 0 radical (unpaired) electrons. The molecule has 0 saturated heterocycles. The van der Waals surface area contributed by atoms with Crippen molar-refractivity contribution in [2.75, 3.05) is 0 Å². The minimum atomic E-state index is -0.901. The molecule has 0 spiro atoms. The van der Waals surface area contributed by atoms with Gasteiger partial charge in [0, 0.05) is 6.42 Å². The highest BCUT2D eigenvalue weighted by Gasteiger charge is 1.97. The number of carboxylic acid groups (broad SMARTS) is 1. The molecule has 5 heteroatoms. The highest BCUT2D eigenvalue weighted by Crippen LogP contribution is 1.86. The molecule has 0 bridgehead atoms. The molecule has 0 aromatic heterocycles. The number of rotatable bonds is 3. The Hall–Kier alpha value is -1.26. The van der Waals surface area contributed by atoms with Gasteiger partial charge in [0.2, 0.25) is 0 Å². The highest BCUT2D eigenvalue weighted by molar-refractivity contribution is 5.83.